The zero-order chi connectivity index (χ0) is 15.6. The lowest BCUT2D eigenvalue weighted by Crippen LogP contribution is -2.43. The van der Waals surface area contributed by atoms with Crippen LogP contribution in [0.1, 0.15) is 30.6 Å². The summed E-state index contributed by atoms with van der Waals surface area (Å²) in [5.41, 5.74) is 10.7. The Morgan fingerprint density at radius 1 is 1.33 bits per heavy atom. The van der Waals surface area contributed by atoms with Crippen molar-refractivity contribution in [2.24, 2.45) is 11.5 Å². The number of sulfonamides is 1. The average Bonchev–Trinajstić information content (AvgIpc) is 3.06. The van der Waals surface area contributed by atoms with Crippen LogP contribution in [0.2, 0.25) is 0 Å². The van der Waals surface area contributed by atoms with Gasteiger partial charge in [-0.2, -0.15) is 4.31 Å². The van der Waals surface area contributed by atoms with Gasteiger partial charge in [-0.05, 0) is 25.0 Å². The van der Waals surface area contributed by atoms with E-state index in [9.17, 15) is 13.2 Å². The second kappa shape index (κ2) is 6.39. The van der Waals surface area contributed by atoms with Crippen molar-refractivity contribution in [1.82, 2.24) is 4.31 Å². The molecule has 9 heteroatoms. The molecule has 1 fully saturated rings. The zero-order valence-corrected chi connectivity index (χ0v) is 13.8. The molecule has 6 nitrogen and oxygen atoms in total. The minimum atomic E-state index is -3.76. The molecule has 0 bridgehead atoms. The fourth-order valence-corrected chi connectivity index (χ4v) is 5.59. The number of thiophene rings is 1. The van der Waals surface area contributed by atoms with Crippen LogP contribution in [0, 0.1) is 0 Å². The molecule has 0 aliphatic heterocycles. The molecule has 1 aromatic heterocycles. The number of carbonyl (C=O) groups excluding carboxylic acids is 1. The van der Waals surface area contributed by atoms with Gasteiger partial charge in [-0.3, -0.25) is 4.79 Å². The highest BCUT2D eigenvalue weighted by Crippen LogP contribution is 2.31. The topological polar surface area (TPSA) is 106 Å². The molecule has 0 spiro atoms. The Hall–Kier alpha value is -1.03. The number of amides is 1. The number of thiocarbonyl (C=S) groups is 1. The van der Waals surface area contributed by atoms with E-state index in [1.54, 1.807) is 6.07 Å². The Labute approximate surface area is 133 Å². The third kappa shape index (κ3) is 3.60. The van der Waals surface area contributed by atoms with Crippen molar-refractivity contribution in [2.45, 2.75) is 35.9 Å². The van der Waals surface area contributed by atoms with E-state index in [-0.39, 0.29) is 21.8 Å². The minimum absolute atomic E-state index is 0.137. The number of nitrogens with two attached hydrogens (primary N) is 2. The fourth-order valence-electron chi connectivity index (χ4n) is 2.46. The lowest BCUT2D eigenvalue weighted by atomic mass is 10.2. The van der Waals surface area contributed by atoms with Gasteiger partial charge in [0.25, 0.3) is 10.0 Å². The van der Waals surface area contributed by atoms with E-state index in [0.29, 0.717) is 4.88 Å². The summed E-state index contributed by atoms with van der Waals surface area (Å²) in [4.78, 5) is 11.9. The predicted molar refractivity (Wildman–Crippen MR) is 85.5 cm³/mol. The van der Waals surface area contributed by atoms with E-state index in [0.717, 1.165) is 37.0 Å². The SMILES string of the molecule is NC(=O)CN(C1CCCC1)S(=O)(=O)c1ccc(C(N)=S)s1. The second-order valence-corrected chi connectivity index (χ2v) is 8.58. The maximum Gasteiger partial charge on any atom is 0.253 e. The van der Waals surface area contributed by atoms with Gasteiger partial charge in [0.15, 0.2) is 0 Å². The lowest BCUT2D eigenvalue weighted by molar-refractivity contribution is -0.118. The fraction of sp³-hybridized carbons (Fsp3) is 0.500. The molecule has 0 saturated heterocycles. The molecule has 1 aliphatic carbocycles. The first kappa shape index (κ1) is 16.3. The van der Waals surface area contributed by atoms with E-state index < -0.39 is 15.9 Å². The number of hydrogen-bond acceptors (Lipinski definition) is 5. The van der Waals surface area contributed by atoms with E-state index >= 15 is 0 Å². The summed E-state index contributed by atoms with van der Waals surface area (Å²) < 4.78 is 26.8. The summed E-state index contributed by atoms with van der Waals surface area (Å²) in [6, 6.07) is 2.88. The van der Waals surface area contributed by atoms with Crippen LogP contribution in [0.15, 0.2) is 16.3 Å². The smallest absolute Gasteiger partial charge is 0.253 e. The van der Waals surface area contributed by atoms with Gasteiger partial charge in [-0.1, -0.05) is 25.1 Å². The molecule has 1 saturated carbocycles. The normalized spacial score (nSPS) is 16.4. The van der Waals surface area contributed by atoms with Crippen LogP contribution in [0.4, 0.5) is 0 Å². The highest BCUT2D eigenvalue weighted by molar-refractivity contribution is 7.91. The van der Waals surface area contributed by atoms with Crippen molar-refractivity contribution in [3.8, 4) is 0 Å². The minimum Gasteiger partial charge on any atom is -0.389 e. The Bertz CT molecular complexity index is 648. The molecule has 0 unspecified atom stereocenters. The molecule has 21 heavy (non-hydrogen) atoms. The molecule has 116 valence electrons. The molecule has 1 aliphatic rings. The third-order valence-corrected chi connectivity index (χ3v) is 7.26. The summed E-state index contributed by atoms with van der Waals surface area (Å²) >= 11 is 5.86. The van der Waals surface area contributed by atoms with Gasteiger partial charge in [0, 0.05) is 6.04 Å². The second-order valence-electron chi connectivity index (χ2n) is 4.94. The van der Waals surface area contributed by atoms with Crippen molar-refractivity contribution in [3.63, 3.8) is 0 Å². The van der Waals surface area contributed by atoms with Crippen molar-refractivity contribution >= 4 is 44.5 Å². The molecule has 1 aromatic rings. The Morgan fingerprint density at radius 2 is 1.95 bits per heavy atom. The third-order valence-electron chi connectivity index (χ3n) is 3.43. The molecule has 4 N–H and O–H groups in total. The van der Waals surface area contributed by atoms with Gasteiger partial charge >= 0.3 is 0 Å². The van der Waals surface area contributed by atoms with Gasteiger partial charge < -0.3 is 11.5 Å². The number of primary amides is 1. The number of carbonyl (C=O) groups is 1. The summed E-state index contributed by atoms with van der Waals surface area (Å²) in [7, 11) is -3.76. The monoisotopic (exact) mass is 347 g/mol. The maximum atomic E-state index is 12.7. The first-order valence-corrected chi connectivity index (χ1v) is 9.18. The van der Waals surface area contributed by atoms with Crippen LogP contribution in [-0.2, 0) is 14.8 Å². The predicted octanol–water partition coefficient (Wildman–Crippen LogP) is 0.801. The van der Waals surface area contributed by atoms with E-state index in [1.807, 2.05) is 0 Å². The molecule has 2 rings (SSSR count). The number of nitrogens with zero attached hydrogens (tertiary/aromatic N) is 1. The van der Waals surface area contributed by atoms with Crippen LogP contribution in [0.25, 0.3) is 0 Å². The molecular formula is C12H17N3O3S3. The molecule has 0 aromatic carbocycles. The Kier molecular flexibility index (Phi) is 4.97. The van der Waals surface area contributed by atoms with Crippen LogP contribution in [0.5, 0.6) is 0 Å². The van der Waals surface area contributed by atoms with E-state index in [1.165, 1.54) is 10.4 Å². The highest BCUT2D eigenvalue weighted by atomic mass is 32.2. The molecule has 1 amide bonds. The standard InChI is InChI=1S/C12H17N3O3S3/c13-10(16)7-15(8-3-1-2-4-8)21(17,18)11-6-5-9(20-11)12(14)19/h5-6,8H,1-4,7H2,(H2,13,16)(H2,14,19). The summed E-state index contributed by atoms with van der Waals surface area (Å²) in [5.74, 6) is -0.656. The van der Waals surface area contributed by atoms with Crippen molar-refractivity contribution < 1.29 is 13.2 Å². The molecule has 0 atom stereocenters. The van der Waals surface area contributed by atoms with Gasteiger partial charge in [-0.15, -0.1) is 11.3 Å². The first-order valence-electron chi connectivity index (χ1n) is 6.52. The van der Waals surface area contributed by atoms with Gasteiger partial charge in [0.1, 0.15) is 9.20 Å². The van der Waals surface area contributed by atoms with E-state index in [2.05, 4.69) is 0 Å². The van der Waals surface area contributed by atoms with Crippen LogP contribution < -0.4 is 11.5 Å². The first-order chi connectivity index (χ1) is 9.82. The zero-order valence-electron chi connectivity index (χ0n) is 11.3. The number of hydrogen-bond donors (Lipinski definition) is 2. The van der Waals surface area contributed by atoms with Gasteiger partial charge in [-0.25, -0.2) is 8.42 Å². The molecular weight excluding hydrogens is 330 g/mol. The van der Waals surface area contributed by atoms with Crippen molar-refractivity contribution in [2.75, 3.05) is 6.54 Å². The van der Waals surface area contributed by atoms with Gasteiger partial charge in [0.2, 0.25) is 5.91 Å². The van der Waals surface area contributed by atoms with Crippen LogP contribution >= 0.6 is 23.6 Å². The van der Waals surface area contributed by atoms with Crippen molar-refractivity contribution in [1.29, 1.82) is 0 Å². The highest BCUT2D eigenvalue weighted by Gasteiger charge is 2.35. The Balaban J connectivity index is 2.35. The van der Waals surface area contributed by atoms with Gasteiger partial charge in [0.05, 0.1) is 11.4 Å². The quantitative estimate of drug-likeness (QED) is 0.740. The summed E-state index contributed by atoms with van der Waals surface area (Å²) in [6.07, 6.45) is 3.41. The van der Waals surface area contributed by atoms with Crippen LogP contribution in [0.3, 0.4) is 0 Å². The number of rotatable bonds is 6. The summed E-state index contributed by atoms with van der Waals surface area (Å²) in [5, 5.41) is 0. The average molecular weight is 347 g/mol. The lowest BCUT2D eigenvalue weighted by Gasteiger charge is -2.26. The molecule has 0 radical (unpaired) electrons. The molecule has 1 heterocycles. The van der Waals surface area contributed by atoms with Crippen LogP contribution in [-0.4, -0.2) is 36.2 Å². The Morgan fingerprint density at radius 3 is 2.43 bits per heavy atom. The van der Waals surface area contributed by atoms with Crippen molar-refractivity contribution in [3.05, 3.63) is 17.0 Å². The van der Waals surface area contributed by atoms with E-state index in [4.69, 9.17) is 23.7 Å². The summed E-state index contributed by atoms with van der Waals surface area (Å²) in [6.45, 7) is -0.298. The maximum absolute atomic E-state index is 12.7. The largest absolute Gasteiger partial charge is 0.389 e.